The van der Waals surface area contributed by atoms with Crippen molar-refractivity contribution in [2.45, 2.75) is 32.8 Å². The lowest BCUT2D eigenvalue weighted by Crippen LogP contribution is -2.29. The lowest BCUT2D eigenvalue weighted by atomic mass is 10.0. The first-order chi connectivity index (χ1) is 11.0. The maximum atomic E-state index is 12.1. The second kappa shape index (κ2) is 7.58. The summed E-state index contributed by atoms with van der Waals surface area (Å²) in [6.07, 6.45) is -0.868. The van der Waals surface area contributed by atoms with Crippen molar-refractivity contribution in [2.24, 2.45) is 0 Å². The molecule has 0 aliphatic heterocycles. The molecule has 0 radical (unpaired) electrons. The number of hydrogen-bond donors (Lipinski definition) is 1. The lowest BCUT2D eigenvalue weighted by molar-refractivity contribution is -0.123. The van der Waals surface area contributed by atoms with E-state index in [2.05, 4.69) is 19.2 Å². The molecule has 1 atom stereocenters. The molecule has 0 aliphatic carbocycles. The van der Waals surface area contributed by atoms with Gasteiger partial charge in [0.05, 0.1) is 5.56 Å². The van der Waals surface area contributed by atoms with Gasteiger partial charge in [0.15, 0.2) is 6.10 Å². The fourth-order valence-electron chi connectivity index (χ4n) is 2.05. The molecule has 0 saturated heterocycles. The first kappa shape index (κ1) is 16.7. The van der Waals surface area contributed by atoms with E-state index in [1.807, 2.05) is 30.3 Å². The van der Waals surface area contributed by atoms with Crippen LogP contribution in [0, 0.1) is 0 Å². The van der Waals surface area contributed by atoms with Crippen LogP contribution in [-0.2, 0) is 9.53 Å². The van der Waals surface area contributed by atoms with Gasteiger partial charge in [0, 0.05) is 5.69 Å². The van der Waals surface area contributed by atoms with Gasteiger partial charge in [-0.15, -0.1) is 0 Å². The number of anilines is 1. The standard InChI is InChI=1S/C19H21NO3/c1-13(2)15-9-11-16(12-10-15)19(22)23-14(3)18(21)20-17-7-5-4-6-8-17/h4-14H,1-3H3,(H,20,21)/t14-/m0/s1. The van der Waals surface area contributed by atoms with Gasteiger partial charge in [-0.05, 0) is 42.7 Å². The lowest BCUT2D eigenvalue weighted by Gasteiger charge is -2.14. The summed E-state index contributed by atoms with van der Waals surface area (Å²) in [4.78, 5) is 24.1. The molecule has 0 fully saturated rings. The number of rotatable bonds is 5. The number of nitrogens with one attached hydrogen (secondary N) is 1. The quantitative estimate of drug-likeness (QED) is 0.849. The van der Waals surface area contributed by atoms with E-state index in [1.54, 1.807) is 31.2 Å². The van der Waals surface area contributed by atoms with E-state index in [-0.39, 0.29) is 5.91 Å². The first-order valence-electron chi connectivity index (χ1n) is 7.64. The summed E-state index contributed by atoms with van der Waals surface area (Å²) in [7, 11) is 0. The molecule has 0 heterocycles. The van der Waals surface area contributed by atoms with Crippen molar-refractivity contribution in [2.75, 3.05) is 5.32 Å². The number of esters is 1. The molecule has 0 spiro atoms. The zero-order valence-corrected chi connectivity index (χ0v) is 13.6. The predicted octanol–water partition coefficient (Wildman–Crippen LogP) is 3.99. The predicted molar refractivity (Wildman–Crippen MR) is 90.5 cm³/mol. The third-order valence-corrected chi connectivity index (χ3v) is 3.51. The average Bonchev–Trinajstić information content (AvgIpc) is 2.55. The fraction of sp³-hybridized carbons (Fsp3) is 0.263. The Morgan fingerprint density at radius 3 is 2.09 bits per heavy atom. The van der Waals surface area contributed by atoms with Crippen LogP contribution in [0.4, 0.5) is 5.69 Å². The van der Waals surface area contributed by atoms with Crippen molar-refractivity contribution < 1.29 is 14.3 Å². The highest BCUT2D eigenvalue weighted by molar-refractivity contribution is 5.97. The van der Waals surface area contributed by atoms with E-state index in [0.717, 1.165) is 5.56 Å². The third-order valence-electron chi connectivity index (χ3n) is 3.51. The van der Waals surface area contributed by atoms with Crippen molar-refractivity contribution in [1.82, 2.24) is 0 Å². The largest absolute Gasteiger partial charge is 0.449 e. The Morgan fingerprint density at radius 1 is 0.913 bits per heavy atom. The van der Waals surface area contributed by atoms with Crippen LogP contribution in [-0.4, -0.2) is 18.0 Å². The van der Waals surface area contributed by atoms with Crippen LogP contribution in [0.25, 0.3) is 0 Å². The number of hydrogen-bond acceptors (Lipinski definition) is 3. The molecule has 2 rings (SSSR count). The van der Waals surface area contributed by atoms with Crippen LogP contribution in [0.2, 0.25) is 0 Å². The zero-order chi connectivity index (χ0) is 16.8. The number of amides is 1. The molecule has 0 aliphatic rings. The van der Waals surface area contributed by atoms with Gasteiger partial charge in [-0.1, -0.05) is 44.2 Å². The molecule has 0 unspecified atom stereocenters. The van der Waals surface area contributed by atoms with Crippen LogP contribution in [0.15, 0.2) is 54.6 Å². The highest BCUT2D eigenvalue weighted by atomic mass is 16.5. The molecule has 4 nitrogen and oxygen atoms in total. The Labute approximate surface area is 136 Å². The highest BCUT2D eigenvalue weighted by Gasteiger charge is 2.19. The first-order valence-corrected chi connectivity index (χ1v) is 7.64. The van der Waals surface area contributed by atoms with E-state index in [0.29, 0.717) is 17.2 Å². The smallest absolute Gasteiger partial charge is 0.338 e. The van der Waals surface area contributed by atoms with Gasteiger partial charge in [0.2, 0.25) is 0 Å². The van der Waals surface area contributed by atoms with Gasteiger partial charge >= 0.3 is 5.97 Å². The van der Waals surface area contributed by atoms with Crippen LogP contribution >= 0.6 is 0 Å². The van der Waals surface area contributed by atoms with Gasteiger partial charge in [-0.3, -0.25) is 4.79 Å². The summed E-state index contributed by atoms with van der Waals surface area (Å²) in [6, 6.07) is 16.3. The number of benzene rings is 2. The fourth-order valence-corrected chi connectivity index (χ4v) is 2.05. The van der Waals surface area contributed by atoms with E-state index in [1.165, 1.54) is 0 Å². The van der Waals surface area contributed by atoms with Gasteiger partial charge in [-0.25, -0.2) is 4.79 Å². The Kier molecular flexibility index (Phi) is 5.52. The SMILES string of the molecule is CC(C)c1ccc(C(=O)O[C@@H](C)C(=O)Nc2ccccc2)cc1. The van der Waals surface area contributed by atoms with Gasteiger partial charge in [-0.2, -0.15) is 0 Å². The maximum Gasteiger partial charge on any atom is 0.338 e. The molecule has 120 valence electrons. The van der Waals surface area contributed by atoms with Crippen molar-refractivity contribution in [3.8, 4) is 0 Å². The minimum absolute atomic E-state index is 0.358. The van der Waals surface area contributed by atoms with Crippen molar-refractivity contribution in [3.05, 3.63) is 65.7 Å². The minimum Gasteiger partial charge on any atom is -0.449 e. The molecule has 1 amide bonds. The van der Waals surface area contributed by atoms with Gasteiger partial charge in [0.1, 0.15) is 0 Å². The van der Waals surface area contributed by atoms with Crippen LogP contribution in [0.5, 0.6) is 0 Å². The summed E-state index contributed by atoms with van der Waals surface area (Å²) in [5.41, 5.74) is 2.26. The maximum absolute atomic E-state index is 12.1. The van der Waals surface area contributed by atoms with Crippen molar-refractivity contribution in [3.63, 3.8) is 0 Å². The average molecular weight is 311 g/mol. The molecular weight excluding hydrogens is 290 g/mol. The molecule has 1 N–H and O–H groups in total. The van der Waals surface area contributed by atoms with E-state index >= 15 is 0 Å². The number of para-hydroxylation sites is 1. The van der Waals surface area contributed by atoms with E-state index < -0.39 is 12.1 Å². The summed E-state index contributed by atoms with van der Waals surface area (Å²) in [5.74, 6) is -0.463. The molecule has 0 aromatic heterocycles. The number of carbonyl (C=O) groups is 2. The molecule has 4 heteroatoms. The molecule has 2 aromatic carbocycles. The van der Waals surface area contributed by atoms with E-state index in [4.69, 9.17) is 4.74 Å². The topological polar surface area (TPSA) is 55.4 Å². The second-order valence-electron chi connectivity index (χ2n) is 5.68. The summed E-state index contributed by atoms with van der Waals surface area (Å²) in [6.45, 7) is 5.73. The van der Waals surface area contributed by atoms with Gasteiger partial charge < -0.3 is 10.1 Å². The van der Waals surface area contributed by atoms with Gasteiger partial charge in [0.25, 0.3) is 5.91 Å². The molecular formula is C19H21NO3. The monoisotopic (exact) mass is 311 g/mol. The second-order valence-corrected chi connectivity index (χ2v) is 5.68. The Morgan fingerprint density at radius 2 is 1.52 bits per heavy atom. The molecule has 0 saturated carbocycles. The summed E-state index contributed by atoms with van der Waals surface area (Å²) < 4.78 is 5.22. The number of carbonyl (C=O) groups excluding carboxylic acids is 2. The Hall–Kier alpha value is -2.62. The Balaban J connectivity index is 1.94. The van der Waals surface area contributed by atoms with Crippen molar-refractivity contribution >= 4 is 17.6 Å². The summed E-state index contributed by atoms with van der Waals surface area (Å²) in [5, 5.41) is 2.71. The Bertz CT molecular complexity index is 663. The van der Waals surface area contributed by atoms with Crippen LogP contribution in [0.3, 0.4) is 0 Å². The minimum atomic E-state index is -0.868. The molecule has 0 bridgehead atoms. The van der Waals surface area contributed by atoms with Crippen LogP contribution in [0.1, 0.15) is 42.6 Å². The molecule has 23 heavy (non-hydrogen) atoms. The van der Waals surface area contributed by atoms with Crippen LogP contribution < -0.4 is 5.32 Å². The van der Waals surface area contributed by atoms with E-state index in [9.17, 15) is 9.59 Å². The third kappa shape index (κ3) is 4.68. The number of ether oxygens (including phenoxy) is 1. The highest BCUT2D eigenvalue weighted by Crippen LogP contribution is 2.15. The normalized spacial score (nSPS) is 11.8. The zero-order valence-electron chi connectivity index (χ0n) is 13.6. The summed E-state index contributed by atoms with van der Waals surface area (Å²) >= 11 is 0. The molecule has 2 aromatic rings. The van der Waals surface area contributed by atoms with Crippen molar-refractivity contribution in [1.29, 1.82) is 0 Å².